The summed E-state index contributed by atoms with van der Waals surface area (Å²) in [6, 6.07) is 2.38. The van der Waals surface area contributed by atoms with E-state index < -0.39 is 35.5 Å². The average molecular weight is 522 g/mol. The highest BCUT2D eigenvalue weighted by Gasteiger charge is 2.52. The molecule has 2 fully saturated rings. The lowest BCUT2D eigenvalue weighted by molar-refractivity contribution is -0.191. The first-order valence-corrected chi connectivity index (χ1v) is 12.1. The molecule has 0 amide bonds. The van der Waals surface area contributed by atoms with Crippen LogP contribution < -0.4 is 5.32 Å². The van der Waals surface area contributed by atoms with Crippen molar-refractivity contribution >= 4 is 28.6 Å². The second kappa shape index (κ2) is 8.86. The van der Waals surface area contributed by atoms with Gasteiger partial charge < -0.3 is 34.7 Å². The van der Waals surface area contributed by atoms with Crippen LogP contribution in [0.2, 0.25) is 5.02 Å². The lowest BCUT2D eigenvalue weighted by Crippen LogP contribution is -2.54. The van der Waals surface area contributed by atoms with E-state index in [9.17, 15) is 15.3 Å². The molecule has 0 radical (unpaired) electrons. The maximum absolute atomic E-state index is 15.3. The second-order valence-corrected chi connectivity index (χ2v) is 10.7. The van der Waals surface area contributed by atoms with Gasteiger partial charge in [0.05, 0.1) is 41.7 Å². The highest BCUT2D eigenvalue weighted by molar-refractivity contribution is 6.33. The Balaban J connectivity index is 1.54. The number of hydrogen-bond donors (Lipinski definition) is 4. The van der Waals surface area contributed by atoms with Crippen molar-refractivity contribution in [1.29, 1.82) is 0 Å². The van der Waals surface area contributed by atoms with Crippen molar-refractivity contribution in [2.24, 2.45) is 0 Å². The molecule has 194 valence electrons. The average Bonchev–Trinajstić information content (AvgIpc) is 3.39. The molecule has 3 aromatic rings. The number of nitrogens with zero attached hydrogens (tertiary/aromatic N) is 4. The molecule has 4 N–H and O–H groups in total. The van der Waals surface area contributed by atoms with Crippen LogP contribution in [0, 0.1) is 5.82 Å². The minimum absolute atomic E-state index is 0.101. The van der Waals surface area contributed by atoms with Crippen molar-refractivity contribution < 1.29 is 29.2 Å². The van der Waals surface area contributed by atoms with Crippen LogP contribution in [0.15, 0.2) is 18.3 Å². The van der Waals surface area contributed by atoms with E-state index in [4.69, 9.17) is 21.1 Å². The lowest BCUT2D eigenvalue weighted by Gasteiger charge is -2.38. The summed E-state index contributed by atoms with van der Waals surface area (Å²) in [5.41, 5.74) is -0.850. The Morgan fingerprint density at radius 3 is 2.75 bits per heavy atom. The Morgan fingerprint density at radius 2 is 2.08 bits per heavy atom. The monoisotopic (exact) mass is 521 g/mol. The fourth-order valence-electron chi connectivity index (χ4n) is 4.87. The molecule has 0 saturated carbocycles. The van der Waals surface area contributed by atoms with Gasteiger partial charge in [-0.15, -0.1) is 0 Å². The van der Waals surface area contributed by atoms with Gasteiger partial charge in [0.15, 0.2) is 12.1 Å². The first kappa shape index (κ1) is 25.2. The number of ether oxygens (including phenoxy) is 2. The summed E-state index contributed by atoms with van der Waals surface area (Å²) < 4.78 is 28.2. The van der Waals surface area contributed by atoms with E-state index in [0.717, 1.165) is 0 Å². The zero-order valence-corrected chi connectivity index (χ0v) is 21.1. The molecule has 10 nitrogen and oxygen atoms in total. The molecule has 2 bridgehead atoms. The highest BCUT2D eigenvalue weighted by Crippen LogP contribution is 2.38. The van der Waals surface area contributed by atoms with Crippen LogP contribution in [0.3, 0.4) is 0 Å². The summed E-state index contributed by atoms with van der Waals surface area (Å²) >= 11 is 6.43. The molecule has 1 aromatic carbocycles. The Hall–Kier alpha value is -2.41. The van der Waals surface area contributed by atoms with E-state index in [2.05, 4.69) is 20.3 Å². The number of rotatable bonds is 6. The lowest BCUT2D eigenvalue weighted by atomic mass is 9.91. The van der Waals surface area contributed by atoms with Gasteiger partial charge in [-0.2, -0.15) is 0 Å². The summed E-state index contributed by atoms with van der Waals surface area (Å²) in [4.78, 5) is 13.1. The second-order valence-electron chi connectivity index (χ2n) is 10.3. The first-order valence-electron chi connectivity index (χ1n) is 11.7. The summed E-state index contributed by atoms with van der Waals surface area (Å²) in [5, 5.41) is 34.3. The van der Waals surface area contributed by atoms with Gasteiger partial charge >= 0.3 is 0 Å². The van der Waals surface area contributed by atoms with Gasteiger partial charge in [0.25, 0.3) is 0 Å². The molecule has 2 aliphatic heterocycles. The largest absolute Gasteiger partial charge is 0.393 e. The predicted molar refractivity (Wildman–Crippen MR) is 130 cm³/mol. The number of hydrogen-bond acceptors (Lipinski definition) is 9. The Kier molecular flexibility index (Phi) is 6.21. The molecule has 36 heavy (non-hydrogen) atoms. The van der Waals surface area contributed by atoms with Gasteiger partial charge in [-0.25, -0.2) is 19.3 Å². The maximum atomic E-state index is 15.3. The molecule has 2 unspecified atom stereocenters. The predicted octanol–water partition coefficient (Wildman–Crippen LogP) is 2.74. The summed E-state index contributed by atoms with van der Waals surface area (Å²) in [5.74, 6) is -0.0548. The van der Waals surface area contributed by atoms with Crippen molar-refractivity contribution in [3.63, 3.8) is 0 Å². The number of nitrogens with one attached hydrogen (secondary N) is 1. The summed E-state index contributed by atoms with van der Waals surface area (Å²) in [6.45, 7) is 6.98. The molecule has 4 atom stereocenters. The van der Waals surface area contributed by atoms with Gasteiger partial charge in [-0.1, -0.05) is 11.6 Å². The van der Waals surface area contributed by atoms with E-state index in [1.807, 2.05) is 13.8 Å². The van der Waals surface area contributed by atoms with E-state index >= 15 is 4.39 Å². The number of aromatic nitrogens is 4. The van der Waals surface area contributed by atoms with E-state index in [0.29, 0.717) is 16.9 Å². The van der Waals surface area contributed by atoms with Gasteiger partial charge in [-0.05, 0) is 39.8 Å². The number of anilines is 1. The zero-order valence-electron chi connectivity index (χ0n) is 20.4. The summed E-state index contributed by atoms with van der Waals surface area (Å²) in [7, 11) is 0. The van der Waals surface area contributed by atoms with Gasteiger partial charge in [-0.3, -0.25) is 0 Å². The van der Waals surface area contributed by atoms with E-state index in [-0.39, 0.29) is 47.9 Å². The van der Waals surface area contributed by atoms with Crippen LogP contribution in [0.1, 0.15) is 46.0 Å². The van der Waals surface area contributed by atoms with Crippen LogP contribution in [0.4, 0.5) is 10.3 Å². The molecule has 2 aliphatic rings. The number of fused-ring (bicyclic) bond motifs is 3. The van der Waals surface area contributed by atoms with Crippen LogP contribution >= 0.6 is 11.6 Å². The van der Waals surface area contributed by atoms with E-state index in [1.54, 1.807) is 24.5 Å². The van der Waals surface area contributed by atoms with Crippen LogP contribution in [-0.2, 0) is 15.1 Å². The summed E-state index contributed by atoms with van der Waals surface area (Å²) in [6.07, 6.45) is -0.206. The molecule has 12 heteroatoms. The zero-order chi connectivity index (χ0) is 26.0. The third kappa shape index (κ3) is 4.23. The SMILES string of the molecule is CC(C)n1c(C(C)(C)O)nc2c(F)cc(-c3nc(NC4CC5(CO)CO[C@H](O5)[C@H]4O)ncc3Cl)cc21. The number of imidazole rings is 1. The molecule has 4 heterocycles. The first-order chi connectivity index (χ1) is 16.9. The molecular formula is C24H29ClFN5O5. The Morgan fingerprint density at radius 1 is 1.33 bits per heavy atom. The highest BCUT2D eigenvalue weighted by atomic mass is 35.5. The van der Waals surface area contributed by atoms with Crippen LogP contribution in [0.5, 0.6) is 0 Å². The third-order valence-electron chi connectivity index (χ3n) is 6.59. The van der Waals surface area contributed by atoms with Crippen molar-refractivity contribution in [2.75, 3.05) is 18.5 Å². The van der Waals surface area contributed by atoms with E-state index in [1.165, 1.54) is 12.3 Å². The molecule has 0 spiro atoms. The van der Waals surface area contributed by atoms with Crippen molar-refractivity contribution in [3.8, 4) is 11.3 Å². The van der Waals surface area contributed by atoms with Crippen LogP contribution in [-0.4, -0.2) is 72.1 Å². The molecule has 0 aliphatic carbocycles. The fourth-order valence-corrected chi connectivity index (χ4v) is 5.07. The standard InChI is InChI=1S/C24H29ClFN5O5/c1-11(2)31-16-6-12(5-14(26)18(16)29-21(31)23(3,4)34)17-13(25)8-27-22(30-17)28-15-7-24(9-32)10-35-20(36-24)19(15)33/h5-6,8,11,15,19-20,32-34H,7,9-10H2,1-4H3,(H,27,28,30)/t15?,19-,20+,24?/m0/s1. The number of aliphatic hydroxyl groups excluding tert-OH is 2. The molecule has 2 aromatic heterocycles. The fraction of sp³-hybridized carbons (Fsp3) is 0.542. The maximum Gasteiger partial charge on any atom is 0.223 e. The number of benzene rings is 1. The third-order valence-corrected chi connectivity index (χ3v) is 6.87. The molecular weight excluding hydrogens is 493 g/mol. The Bertz CT molecular complexity index is 1310. The molecule has 2 saturated heterocycles. The van der Waals surface area contributed by atoms with Crippen molar-refractivity contribution in [1.82, 2.24) is 19.5 Å². The minimum Gasteiger partial charge on any atom is -0.393 e. The number of aliphatic hydroxyl groups is 3. The van der Waals surface area contributed by atoms with Gasteiger partial charge in [0.1, 0.15) is 28.6 Å². The van der Waals surface area contributed by atoms with Gasteiger partial charge in [0.2, 0.25) is 5.95 Å². The Labute approximate surface area is 212 Å². The van der Waals surface area contributed by atoms with Crippen molar-refractivity contribution in [2.45, 2.75) is 69.8 Å². The number of halogens is 2. The van der Waals surface area contributed by atoms with Gasteiger partial charge in [0, 0.05) is 18.0 Å². The topological polar surface area (TPSA) is 135 Å². The van der Waals surface area contributed by atoms with Crippen molar-refractivity contribution in [3.05, 3.63) is 35.0 Å². The quantitative estimate of drug-likeness (QED) is 0.386. The molecule has 5 rings (SSSR count). The smallest absolute Gasteiger partial charge is 0.223 e. The van der Waals surface area contributed by atoms with Crippen LogP contribution in [0.25, 0.3) is 22.3 Å². The minimum atomic E-state index is -1.28. The normalized spacial score (nSPS) is 26.2.